The zero-order valence-corrected chi connectivity index (χ0v) is 21.7. The van der Waals surface area contributed by atoms with E-state index in [0.717, 1.165) is 61.5 Å². The van der Waals surface area contributed by atoms with Crippen LogP contribution in [0.3, 0.4) is 0 Å². The van der Waals surface area contributed by atoms with Gasteiger partial charge in [-0.1, -0.05) is 48.8 Å². The summed E-state index contributed by atoms with van der Waals surface area (Å²) in [6.07, 6.45) is 12.0. The summed E-state index contributed by atoms with van der Waals surface area (Å²) in [5.74, 6) is 6.57. The van der Waals surface area contributed by atoms with E-state index < -0.39 is 5.91 Å². The Morgan fingerprint density at radius 2 is 1.95 bits per heavy atom. The molecule has 0 bridgehead atoms. The van der Waals surface area contributed by atoms with E-state index in [1.807, 2.05) is 17.0 Å². The zero-order chi connectivity index (χ0) is 25.8. The minimum atomic E-state index is -0.474. The Bertz CT molecular complexity index is 1350. The van der Waals surface area contributed by atoms with Gasteiger partial charge in [0.25, 0.3) is 0 Å². The molecule has 2 unspecified atom stereocenters. The van der Waals surface area contributed by atoms with Crippen LogP contribution in [0.1, 0.15) is 73.3 Å². The fourth-order valence-electron chi connectivity index (χ4n) is 5.84. The van der Waals surface area contributed by atoms with E-state index in [0.29, 0.717) is 35.8 Å². The molecule has 2 fully saturated rings. The molecule has 0 spiro atoms. The van der Waals surface area contributed by atoms with Crippen molar-refractivity contribution >= 4 is 34.4 Å². The van der Waals surface area contributed by atoms with Crippen LogP contribution in [-0.2, 0) is 4.79 Å². The average Bonchev–Trinajstić information content (AvgIpc) is 3.56. The van der Waals surface area contributed by atoms with Crippen LogP contribution in [0.5, 0.6) is 0 Å². The van der Waals surface area contributed by atoms with E-state index in [1.54, 1.807) is 18.2 Å². The van der Waals surface area contributed by atoms with Crippen molar-refractivity contribution in [3.8, 4) is 11.8 Å². The maximum absolute atomic E-state index is 13.6. The number of aromatic nitrogens is 3. The third-order valence-electron chi connectivity index (χ3n) is 7.76. The highest BCUT2D eigenvalue weighted by atomic mass is 35.5. The fraction of sp³-hybridized carbons (Fsp3) is 0.448. The summed E-state index contributed by atoms with van der Waals surface area (Å²) in [7, 11) is 0. The molecule has 192 valence electrons. The standard InChI is InChI=1S/C29H32ClN5O2/c30-26-25-13-15-35(28(25)33-19-32-26)24-12-11-21(17-24)18-34(29(37)22-8-2-1-3-9-22)14-5-7-20-6-4-10-23(16-20)27(31)36/h4,6,10,13,15-16,19,21-22,24H,1-3,8-9,11-12,14,17-18H2,(H2,31,36). The highest BCUT2D eigenvalue weighted by Gasteiger charge is 2.32. The molecule has 2 aromatic heterocycles. The summed E-state index contributed by atoms with van der Waals surface area (Å²) < 4.78 is 2.21. The third kappa shape index (κ3) is 5.80. The molecular weight excluding hydrogens is 486 g/mol. The van der Waals surface area contributed by atoms with Crippen molar-refractivity contribution in [2.45, 2.75) is 57.4 Å². The Morgan fingerprint density at radius 1 is 1.11 bits per heavy atom. The molecule has 2 N–H and O–H groups in total. The number of nitrogens with two attached hydrogens (primary N) is 1. The summed E-state index contributed by atoms with van der Waals surface area (Å²) in [4.78, 5) is 35.6. The van der Waals surface area contributed by atoms with E-state index in [1.165, 1.54) is 12.7 Å². The monoisotopic (exact) mass is 517 g/mol. The van der Waals surface area contributed by atoms with Gasteiger partial charge in [0, 0.05) is 35.8 Å². The van der Waals surface area contributed by atoms with Crippen molar-refractivity contribution < 1.29 is 9.59 Å². The number of hydrogen-bond acceptors (Lipinski definition) is 4. The average molecular weight is 518 g/mol. The van der Waals surface area contributed by atoms with Crippen LogP contribution < -0.4 is 5.73 Å². The number of halogens is 1. The number of fused-ring (bicyclic) bond motifs is 1. The first kappa shape index (κ1) is 25.3. The number of nitrogens with zero attached hydrogens (tertiary/aromatic N) is 4. The van der Waals surface area contributed by atoms with Crippen LogP contribution in [0.15, 0.2) is 42.9 Å². The van der Waals surface area contributed by atoms with E-state index in [9.17, 15) is 9.59 Å². The second kappa shape index (κ2) is 11.4. The SMILES string of the molecule is NC(=O)c1cccc(C#CCN(CC2CCC(n3ccc4c(Cl)ncnc43)C2)C(=O)C2CCCCC2)c1. The Labute approximate surface area is 222 Å². The van der Waals surface area contributed by atoms with Crippen molar-refractivity contribution in [2.75, 3.05) is 13.1 Å². The van der Waals surface area contributed by atoms with Gasteiger partial charge in [0.1, 0.15) is 17.1 Å². The van der Waals surface area contributed by atoms with Gasteiger partial charge < -0.3 is 15.2 Å². The molecule has 5 rings (SSSR count). The largest absolute Gasteiger partial charge is 0.366 e. The maximum atomic E-state index is 13.6. The van der Waals surface area contributed by atoms with Crippen molar-refractivity contribution in [1.29, 1.82) is 0 Å². The smallest absolute Gasteiger partial charge is 0.248 e. The minimum Gasteiger partial charge on any atom is -0.366 e. The Balaban J connectivity index is 1.30. The van der Waals surface area contributed by atoms with Crippen LogP contribution in [0, 0.1) is 23.7 Å². The van der Waals surface area contributed by atoms with Crippen LogP contribution in [-0.4, -0.2) is 44.3 Å². The number of rotatable bonds is 6. The molecule has 2 amide bonds. The van der Waals surface area contributed by atoms with Crippen molar-refractivity contribution in [3.63, 3.8) is 0 Å². The lowest BCUT2D eigenvalue weighted by Gasteiger charge is -2.30. The first-order chi connectivity index (χ1) is 18.0. The quantitative estimate of drug-likeness (QED) is 0.368. The molecule has 0 saturated heterocycles. The Morgan fingerprint density at radius 3 is 2.76 bits per heavy atom. The molecule has 2 aliphatic rings. The van der Waals surface area contributed by atoms with Crippen LogP contribution in [0.25, 0.3) is 11.0 Å². The number of carbonyl (C=O) groups is 2. The van der Waals surface area contributed by atoms with Crippen molar-refractivity contribution in [2.24, 2.45) is 17.6 Å². The summed E-state index contributed by atoms with van der Waals surface area (Å²) in [6, 6.07) is 9.30. The molecule has 2 aliphatic carbocycles. The summed E-state index contributed by atoms with van der Waals surface area (Å²) in [6.45, 7) is 1.09. The third-order valence-corrected chi connectivity index (χ3v) is 8.06. The van der Waals surface area contributed by atoms with Gasteiger partial charge in [-0.2, -0.15) is 0 Å². The highest BCUT2D eigenvalue weighted by Crippen LogP contribution is 2.38. The first-order valence-corrected chi connectivity index (χ1v) is 13.5. The molecule has 2 saturated carbocycles. The topological polar surface area (TPSA) is 94.1 Å². The summed E-state index contributed by atoms with van der Waals surface area (Å²) in [5, 5.41) is 1.35. The summed E-state index contributed by atoms with van der Waals surface area (Å²) >= 11 is 6.26. The summed E-state index contributed by atoms with van der Waals surface area (Å²) in [5.41, 5.74) is 7.43. The number of primary amides is 1. The first-order valence-electron chi connectivity index (χ1n) is 13.1. The predicted octanol–water partition coefficient (Wildman–Crippen LogP) is 4.99. The van der Waals surface area contributed by atoms with E-state index in [2.05, 4.69) is 32.6 Å². The van der Waals surface area contributed by atoms with Gasteiger partial charge >= 0.3 is 0 Å². The zero-order valence-electron chi connectivity index (χ0n) is 20.9. The Kier molecular flexibility index (Phi) is 7.76. The second-order valence-corrected chi connectivity index (χ2v) is 10.6. The van der Waals surface area contributed by atoms with Crippen molar-refractivity contribution in [1.82, 2.24) is 19.4 Å². The van der Waals surface area contributed by atoms with Gasteiger partial charge in [0.2, 0.25) is 11.8 Å². The molecule has 2 atom stereocenters. The lowest BCUT2D eigenvalue weighted by molar-refractivity contribution is -0.136. The van der Waals surface area contributed by atoms with Gasteiger partial charge in [0.05, 0.1) is 11.9 Å². The fourth-order valence-corrected chi connectivity index (χ4v) is 6.03. The molecule has 0 radical (unpaired) electrons. The van der Waals surface area contributed by atoms with Gasteiger partial charge in [-0.05, 0) is 62.3 Å². The number of carbonyl (C=O) groups excluding carboxylic acids is 2. The van der Waals surface area contributed by atoms with E-state index in [-0.39, 0.29) is 11.8 Å². The molecule has 7 nitrogen and oxygen atoms in total. The normalized spacial score (nSPS) is 19.9. The number of benzene rings is 1. The molecule has 2 heterocycles. The van der Waals surface area contributed by atoms with Crippen LogP contribution >= 0.6 is 11.6 Å². The van der Waals surface area contributed by atoms with E-state index >= 15 is 0 Å². The molecule has 8 heteroatoms. The molecule has 3 aromatic rings. The predicted molar refractivity (Wildman–Crippen MR) is 144 cm³/mol. The second-order valence-electron chi connectivity index (χ2n) is 10.3. The minimum absolute atomic E-state index is 0.0955. The molecule has 37 heavy (non-hydrogen) atoms. The highest BCUT2D eigenvalue weighted by molar-refractivity contribution is 6.33. The van der Waals surface area contributed by atoms with Gasteiger partial charge in [0.15, 0.2) is 0 Å². The van der Waals surface area contributed by atoms with E-state index in [4.69, 9.17) is 17.3 Å². The molecular formula is C29H32ClN5O2. The van der Waals surface area contributed by atoms with Gasteiger partial charge in [-0.15, -0.1) is 0 Å². The van der Waals surface area contributed by atoms with Gasteiger partial charge in [-0.25, -0.2) is 9.97 Å². The van der Waals surface area contributed by atoms with Gasteiger partial charge in [-0.3, -0.25) is 9.59 Å². The lowest BCUT2D eigenvalue weighted by atomic mass is 9.88. The Hall–Kier alpha value is -3.37. The van der Waals surface area contributed by atoms with Crippen molar-refractivity contribution in [3.05, 3.63) is 59.1 Å². The lowest BCUT2D eigenvalue weighted by Crippen LogP contribution is -2.40. The number of hydrogen-bond donors (Lipinski definition) is 1. The number of amides is 2. The molecule has 1 aromatic carbocycles. The van der Waals surface area contributed by atoms with Crippen LogP contribution in [0.2, 0.25) is 5.15 Å². The molecule has 0 aliphatic heterocycles. The maximum Gasteiger partial charge on any atom is 0.248 e. The van der Waals surface area contributed by atoms with Crippen LogP contribution in [0.4, 0.5) is 0 Å².